The van der Waals surface area contributed by atoms with Crippen LogP contribution >= 0.6 is 0 Å². The molecule has 2 unspecified atom stereocenters. The maximum Gasteiger partial charge on any atom is 0.228 e. The van der Waals surface area contributed by atoms with E-state index in [-0.39, 0.29) is 24.5 Å². The number of carbonyl (C=O) groups excluding carboxylic acids is 1. The first-order valence-corrected chi connectivity index (χ1v) is 7.27. The molecule has 0 spiro atoms. The smallest absolute Gasteiger partial charge is 0.228 e. The molecule has 1 saturated heterocycles. The second kappa shape index (κ2) is 7.41. The molecule has 4 nitrogen and oxygen atoms in total. The third-order valence-electron chi connectivity index (χ3n) is 3.82. The molecule has 0 radical (unpaired) electrons. The molecule has 1 heterocycles. The number of nitrogens with zero attached hydrogens (tertiary/aromatic N) is 1. The zero-order valence-electron chi connectivity index (χ0n) is 12.0. The van der Waals surface area contributed by atoms with Crippen molar-refractivity contribution in [3.8, 4) is 0 Å². The van der Waals surface area contributed by atoms with Crippen molar-refractivity contribution in [2.24, 2.45) is 5.92 Å². The SMILES string of the molecule is CC1OCCCC1C(=O)N(CCO)Cc1ccccc1. The van der Waals surface area contributed by atoms with E-state index < -0.39 is 0 Å². The van der Waals surface area contributed by atoms with Gasteiger partial charge in [-0.05, 0) is 25.3 Å². The summed E-state index contributed by atoms with van der Waals surface area (Å²) in [6, 6.07) is 9.88. The third-order valence-corrected chi connectivity index (χ3v) is 3.82. The fourth-order valence-electron chi connectivity index (χ4n) is 2.67. The molecule has 1 aliphatic rings. The Kier molecular flexibility index (Phi) is 5.56. The highest BCUT2D eigenvalue weighted by atomic mass is 16.5. The summed E-state index contributed by atoms with van der Waals surface area (Å²) >= 11 is 0. The van der Waals surface area contributed by atoms with Crippen molar-refractivity contribution < 1.29 is 14.6 Å². The van der Waals surface area contributed by atoms with E-state index in [1.807, 2.05) is 37.3 Å². The van der Waals surface area contributed by atoms with Crippen LogP contribution in [-0.2, 0) is 16.1 Å². The van der Waals surface area contributed by atoms with Gasteiger partial charge in [0.05, 0.1) is 18.6 Å². The predicted molar refractivity (Wildman–Crippen MR) is 77.1 cm³/mol. The zero-order chi connectivity index (χ0) is 14.4. The van der Waals surface area contributed by atoms with E-state index in [1.54, 1.807) is 4.90 Å². The minimum atomic E-state index is -0.0842. The Morgan fingerprint density at radius 2 is 2.15 bits per heavy atom. The number of carbonyl (C=O) groups is 1. The largest absolute Gasteiger partial charge is 0.395 e. The van der Waals surface area contributed by atoms with Gasteiger partial charge >= 0.3 is 0 Å². The minimum absolute atomic E-state index is 0.0134. The van der Waals surface area contributed by atoms with Crippen LogP contribution in [-0.4, -0.2) is 41.8 Å². The van der Waals surface area contributed by atoms with Crippen LogP contribution in [0.3, 0.4) is 0 Å². The van der Waals surface area contributed by atoms with Gasteiger partial charge < -0.3 is 14.7 Å². The van der Waals surface area contributed by atoms with E-state index >= 15 is 0 Å². The van der Waals surface area contributed by atoms with Crippen LogP contribution in [0.4, 0.5) is 0 Å². The van der Waals surface area contributed by atoms with Gasteiger partial charge in [0, 0.05) is 19.7 Å². The van der Waals surface area contributed by atoms with Crippen molar-refractivity contribution >= 4 is 5.91 Å². The normalized spacial score (nSPS) is 22.5. The van der Waals surface area contributed by atoms with Gasteiger partial charge in [-0.15, -0.1) is 0 Å². The van der Waals surface area contributed by atoms with Gasteiger partial charge in [-0.3, -0.25) is 4.79 Å². The lowest BCUT2D eigenvalue weighted by atomic mass is 9.93. The summed E-state index contributed by atoms with van der Waals surface area (Å²) in [7, 11) is 0. The van der Waals surface area contributed by atoms with Crippen LogP contribution in [0.1, 0.15) is 25.3 Å². The molecule has 0 aliphatic carbocycles. The highest BCUT2D eigenvalue weighted by Gasteiger charge is 2.31. The number of amides is 1. The van der Waals surface area contributed by atoms with Gasteiger partial charge in [-0.1, -0.05) is 30.3 Å². The van der Waals surface area contributed by atoms with Gasteiger partial charge in [0.2, 0.25) is 5.91 Å². The summed E-state index contributed by atoms with van der Waals surface area (Å²) in [6.45, 7) is 3.60. The Hall–Kier alpha value is -1.39. The number of hydrogen-bond donors (Lipinski definition) is 1. The molecule has 2 atom stereocenters. The van der Waals surface area contributed by atoms with Crippen molar-refractivity contribution in [3.05, 3.63) is 35.9 Å². The first kappa shape index (κ1) is 15.0. The Morgan fingerprint density at radius 1 is 1.40 bits per heavy atom. The Labute approximate surface area is 120 Å². The summed E-state index contributed by atoms with van der Waals surface area (Å²) in [5.74, 6) is 0.00844. The molecule has 1 amide bonds. The van der Waals surface area contributed by atoms with E-state index in [4.69, 9.17) is 4.74 Å². The highest BCUT2D eigenvalue weighted by molar-refractivity contribution is 5.79. The van der Waals surface area contributed by atoms with Crippen LogP contribution in [0.25, 0.3) is 0 Å². The number of benzene rings is 1. The molecule has 0 aromatic heterocycles. The number of hydrogen-bond acceptors (Lipinski definition) is 3. The molecule has 1 aliphatic heterocycles. The summed E-state index contributed by atoms with van der Waals surface area (Å²) in [5, 5.41) is 9.20. The topological polar surface area (TPSA) is 49.8 Å². The van der Waals surface area contributed by atoms with E-state index in [1.165, 1.54) is 0 Å². The van der Waals surface area contributed by atoms with Crippen molar-refractivity contribution in [1.29, 1.82) is 0 Å². The average Bonchev–Trinajstić information content (AvgIpc) is 2.48. The second-order valence-corrected chi connectivity index (χ2v) is 5.29. The van der Waals surface area contributed by atoms with E-state index in [9.17, 15) is 9.90 Å². The van der Waals surface area contributed by atoms with Crippen LogP contribution in [0, 0.1) is 5.92 Å². The zero-order valence-corrected chi connectivity index (χ0v) is 12.0. The Balaban J connectivity index is 2.05. The molecular weight excluding hydrogens is 254 g/mol. The highest BCUT2D eigenvalue weighted by Crippen LogP contribution is 2.23. The van der Waals surface area contributed by atoms with Crippen LogP contribution in [0.2, 0.25) is 0 Å². The average molecular weight is 277 g/mol. The predicted octanol–water partition coefficient (Wildman–Crippen LogP) is 1.82. The summed E-state index contributed by atoms with van der Waals surface area (Å²) in [6.07, 6.45) is 1.77. The summed E-state index contributed by atoms with van der Waals surface area (Å²) < 4.78 is 5.58. The fourth-order valence-corrected chi connectivity index (χ4v) is 2.67. The van der Waals surface area contributed by atoms with Crippen LogP contribution in [0.5, 0.6) is 0 Å². The number of ether oxygens (including phenoxy) is 1. The molecule has 20 heavy (non-hydrogen) atoms. The molecule has 1 aromatic carbocycles. The van der Waals surface area contributed by atoms with Crippen LogP contribution in [0.15, 0.2) is 30.3 Å². The molecule has 1 aromatic rings. The monoisotopic (exact) mass is 277 g/mol. The Morgan fingerprint density at radius 3 is 2.80 bits per heavy atom. The lowest BCUT2D eigenvalue weighted by molar-refractivity contribution is -0.145. The van der Waals surface area contributed by atoms with Gasteiger partial charge in [0.25, 0.3) is 0 Å². The lowest BCUT2D eigenvalue weighted by Crippen LogP contribution is -2.43. The molecule has 1 fully saturated rings. The van der Waals surface area contributed by atoms with Crippen molar-refractivity contribution in [1.82, 2.24) is 4.90 Å². The molecule has 110 valence electrons. The van der Waals surface area contributed by atoms with Gasteiger partial charge in [0.15, 0.2) is 0 Å². The maximum atomic E-state index is 12.6. The van der Waals surface area contributed by atoms with Crippen LogP contribution < -0.4 is 0 Å². The van der Waals surface area contributed by atoms with Crippen molar-refractivity contribution in [2.45, 2.75) is 32.4 Å². The molecule has 2 rings (SSSR count). The summed E-state index contributed by atoms with van der Waals surface area (Å²) in [5.41, 5.74) is 1.08. The molecule has 1 N–H and O–H groups in total. The van der Waals surface area contributed by atoms with Crippen molar-refractivity contribution in [3.63, 3.8) is 0 Å². The lowest BCUT2D eigenvalue weighted by Gasteiger charge is -2.33. The van der Waals surface area contributed by atoms with Crippen molar-refractivity contribution in [2.75, 3.05) is 19.8 Å². The second-order valence-electron chi connectivity index (χ2n) is 5.29. The number of aliphatic hydroxyl groups is 1. The van der Waals surface area contributed by atoms with Gasteiger partial charge in [-0.25, -0.2) is 0 Å². The van der Waals surface area contributed by atoms with E-state index in [0.717, 1.165) is 25.0 Å². The summed E-state index contributed by atoms with van der Waals surface area (Å²) in [4.78, 5) is 14.4. The van der Waals surface area contributed by atoms with Gasteiger partial charge in [0.1, 0.15) is 0 Å². The number of rotatable bonds is 5. The quantitative estimate of drug-likeness (QED) is 0.893. The van der Waals surface area contributed by atoms with Gasteiger partial charge in [-0.2, -0.15) is 0 Å². The van der Waals surface area contributed by atoms with E-state index in [2.05, 4.69) is 0 Å². The fraction of sp³-hybridized carbons (Fsp3) is 0.562. The maximum absolute atomic E-state index is 12.6. The molecular formula is C16H23NO3. The van der Waals surface area contributed by atoms with E-state index in [0.29, 0.717) is 13.1 Å². The first-order chi connectivity index (χ1) is 9.72. The molecule has 0 saturated carbocycles. The number of aliphatic hydroxyl groups excluding tert-OH is 1. The molecule has 0 bridgehead atoms. The third kappa shape index (κ3) is 3.81. The standard InChI is InChI=1S/C16H23NO3/c1-13-15(8-5-11-20-13)16(19)17(9-10-18)12-14-6-3-2-4-7-14/h2-4,6-7,13,15,18H,5,8-12H2,1H3. The first-order valence-electron chi connectivity index (χ1n) is 7.27. The minimum Gasteiger partial charge on any atom is -0.395 e. The Bertz CT molecular complexity index is 421. The molecule has 4 heteroatoms.